The molecule has 5 nitrogen and oxygen atoms in total. The molecule has 1 aliphatic heterocycles. The molecule has 1 atom stereocenters. The van der Waals surface area contributed by atoms with Crippen molar-refractivity contribution in [1.29, 1.82) is 0 Å². The monoisotopic (exact) mass is 314 g/mol. The third-order valence-electron chi connectivity index (χ3n) is 3.22. The standard InChI is InChI=1S/C12H15BrN2O3/c1-2-14-7-8(13)6-10(14)11(16)15-5-3-4-9(15)12(17)18/h6-7,9H,2-5H2,1H3,(H,17,18)/t9-/m0/s1. The van der Waals surface area contributed by atoms with E-state index in [-0.39, 0.29) is 5.91 Å². The fourth-order valence-electron chi connectivity index (χ4n) is 2.33. The predicted octanol–water partition coefficient (Wildman–Crippen LogP) is 1.96. The van der Waals surface area contributed by atoms with E-state index in [1.54, 1.807) is 6.07 Å². The van der Waals surface area contributed by atoms with E-state index in [0.717, 1.165) is 10.9 Å². The number of hydrogen-bond donors (Lipinski definition) is 1. The van der Waals surface area contributed by atoms with E-state index >= 15 is 0 Å². The number of aromatic nitrogens is 1. The van der Waals surface area contributed by atoms with Gasteiger partial charge in [-0.25, -0.2) is 4.79 Å². The van der Waals surface area contributed by atoms with Crippen molar-refractivity contribution in [3.63, 3.8) is 0 Å². The summed E-state index contributed by atoms with van der Waals surface area (Å²) in [5, 5.41) is 9.10. The van der Waals surface area contributed by atoms with E-state index in [1.165, 1.54) is 4.90 Å². The number of amides is 1. The molecule has 2 heterocycles. The molecule has 1 aromatic rings. The van der Waals surface area contributed by atoms with Crippen LogP contribution in [0.1, 0.15) is 30.3 Å². The number of halogens is 1. The smallest absolute Gasteiger partial charge is 0.326 e. The van der Waals surface area contributed by atoms with E-state index in [9.17, 15) is 9.59 Å². The summed E-state index contributed by atoms with van der Waals surface area (Å²) in [6.45, 7) is 3.14. The number of likely N-dealkylation sites (tertiary alicyclic amines) is 1. The predicted molar refractivity (Wildman–Crippen MR) is 69.5 cm³/mol. The summed E-state index contributed by atoms with van der Waals surface area (Å²) in [6.07, 6.45) is 3.12. The molecule has 2 rings (SSSR count). The fourth-order valence-corrected chi connectivity index (χ4v) is 2.79. The van der Waals surface area contributed by atoms with Gasteiger partial charge in [-0.3, -0.25) is 4.79 Å². The maximum Gasteiger partial charge on any atom is 0.326 e. The van der Waals surface area contributed by atoms with E-state index in [2.05, 4.69) is 15.9 Å². The van der Waals surface area contributed by atoms with Crippen LogP contribution in [0.25, 0.3) is 0 Å². The average Bonchev–Trinajstić information content (AvgIpc) is 2.93. The Labute approximate surface area is 114 Å². The van der Waals surface area contributed by atoms with E-state index in [1.807, 2.05) is 17.7 Å². The Hall–Kier alpha value is -1.30. The van der Waals surface area contributed by atoms with Gasteiger partial charge in [0.25, 0.3) is 5.91 Å². The molecule has 1 amide bonds. The van der Waals surface area contributed by atoms with Crippen LogP contribution in [0.2, 0.25) is 0 Å². The molecule has 6 heteroatoms. The van der Waals surface area contributed by atoms with Gasteiger partial charge in [0, 0.05) is 23.8 Å². The summed E-state index contributed by atoms with van der Waals surface area (Å²) in [7, 11) is 0. The molecule has 1 fully saturated rings. The zero-order chi connectivity index (χ0) is 13.3. The number of hydrogen-bond acceptors (Lipinski definition) is 2. The maximum absolute atomic E-state index is 12.4. The molecule has 0 spiro atoms. The molecule has 1 aromatic heterocycles. The van der Waals surface area contributed by atoms with Crippen molar-refractivity contribution < 1.29 is 14.7 Å². The van der Waals surface area contributed by atoms with Crippen LogP contribution in [0.15, 0.2) is 16.7 Å². The third-order valence-corrected chi connectivity index (χ3v) is 3.66. The van der Waals surface area contributed by atoms with Gasteiger partial charge >= 0.3 is 5.97 Å². The van der Waals surface area contributed by atoms with Crippen LogP contribution in [0, 0.1) is 0 Å². The van der Waals surface area contributed by atoms with Gasteiger partial charge in [-0.1, -0.05) is 0 Å². The first-order chi connectivity index (χ1) is 8.54. The van der Waals surface area contributed by atoms with E-state index in [4.69, 9.17) is 5.11 Å². The molecule has 0 bridgehead atoms. The summed E-state index contributed by atoms with van der Waals surface area (Å²) in [5.41, 5.74) is 0.539. The molecule has 0 aromatic carbocycles. The highest BCUT2D eigenvalue weighted by Gasteiger charge is 2.35. The zero-order valence-corrected chi connectivity index (χ0v) is 11.7. The lowest BCUT2D eigenvalue weighted by Gasteiger charge is -2.21. The molecule has 0 saturated carbocycles. The highest BCUT2D eigenvalue weighted by atomic mass is 79.9. The quantitative estimate of drug-likeness (QED) is 0.927. The van der Waals surface area contributed by atoms with Gasteiger partial charge in [0.15, 0.2) is 0 Å². The highest BCUT2D eigenvalue weighted by Crippen LogP contribution is 2.23. The summed E-state index contributed by atoms with van der Waals surface area (Å²) in [6, 6.07) is 1.06. The first kappa shape index (κ1) is 13.1. The van der Waals surface area contributed by atoms with Crippen LogP contribution in [-0.2, 0) is 11.3 Å². The molecule has 0 aliphatic carbocycles. The minimum absolute atomic E-state index is 0.201. The lowest BCUT2D eigenvalue weighted by atomic mass is 10.2. The number of carboxylic acids is 1. The largest absolute Gasteiger partial charge is 0.480 e. The summed E-state index contributed by atoms with van der Waals surface area (Å²) in [4.78, 5) is 24.9. The lowest BCUT2D eigenvalue weighted by molar-refractivity contribution is -0.141. The van der Waals surface area contributed by atoms with E-state index < -0.39 is 12.0 Å². The number of carbonyl (C=O) groups is 2. The third kappa shape index (κ3) is 2.29. The average molecular weight is 315 g/mol. The summed E-state index contributed by atoms with van der Waals surface area (Å²) < 4.78 is 2.66. The SMILES string of the molecule is CCn1cc(Br)cc1C(=O)N1CCC[C@H]1C(=O)O. The van der Waals surface area contributed by atoms with Crippen molar-refractivity contribution in [1.82, 2.24) is 9.47 Å². The van der Waals surface area contributed by atoms with Gasteiger partial charge < -0.3 is 14.6 Å². The van der Waals surface area contributed by atoms with Gasteiger partial charge in [0.05, 0.1) is 0 Å². The van der Waals surface area contributed by atoms with Crippen LogP contribution in [0.3, 0.4) is 0 Å². The first-order valence-electron chi connectivity index (χ1n) is 5.94. The van der Waals surface area contributed by atoms with Gasteiger partial charge in [-0.2, -0.15) is 0 Å². The van der Waals surface area contributed by atoms with Gasteiger partial charge in [0.2, 0.25) is 0 Å². The minimum atomic E-state index is -0.922. The van der Waals surface area contributed by atoms with Crippen LogP contribution >= 0.6 is 15.9 Å². The number of carbonyl (C=O) groups excluding carboxylic acids is 1. The summed E-state index contributed by atoms with van der Waals surface area (Å²) >= 11 is 3.34. The molecule has 0 radical (unpaired) electrons. The Kier molecular flexibility index (Phi) is 3.75. The Morgan fingerprint density at radius 1 is 1.56 bits per heavy atom. The first-order valence-corrected chi connectivity index (χ1v) is 6.73. The Morgan fingerprint density at radius 3 is 2.89 bits per heavy atom. The molecular weight excluding hydrogens is 300 g/mol. The van der Waals surface area contributed by atoms with Crippen molar-refractivity contribution in [2.24, 2.45) is 0 Å². The number of carboxylic acid groups (broad SMARTS) is 1. The van der Waals surface area contributed by atoms with Crippen molar-refractivity contribution in [3.05, 3.63) is 22.4 Å². The lowest BCUT2D eigenvalue weighted by Crippen LogP contribution is -2.41. The zero-order valence-electron chi connectivity index (χ0n) is 10.1. The molecule has 0 unspecified atom stereocenters. The van der Waals surface area contributed by atoms with Crippen molar-refractivity contribution in [2.45, 2.75) is 32.4 Å². The Balaban J connectivity index is 2.27. The van der Waals surface area contributed by atoms with Crippen molar-refractivity contribution in [2.75, 3.05) is 6.54 Å². The van der Waals surface area contributed by atoms with Crippen LogP contribution in [-0.4, -0.2) is 39.0 Å². The Bertz CT molecular complexity index is 484. The molecule has 1 N–H and O–H groups in total. The van der Waals surface area contributed by atoms with Gasteiger partial charge in [-0.05, 0) is 41.8 Å². The second-order valence-electron chi connectivity index (χ2n) is 4.32. The molecule has 1 saturated heterocycles. The maximum atomic E-state index is 12.4. The van der Waals surface area contributed by atoms with Crippen molar-refractivity contribution >= 4 is 27.8 Å². The normalized spacial score (nSPS) is 19.2. The molecule has 98 valence electrons. The Morgan fingerprint density at radius 2 is 2.28 bits per heavy atom. The van der Waals surface area contributed by atoms with Crippen LogP contribution in [0.5, 0.6) is 0 Å². The second-order valence-corrected chi connectivity index (χ2v) is 5.24. The number of nitrogens with zero attached hydrogens (tertiary/aromatic N) is 2. The van der Waals surface area contributed by atoms with Crippen molar-refractivity contribution in [3.8, 4) is 0 Å². The molecular formula is C12H15BrN2O3. The van der Waals surface area contributed by atoms with Gasteiger partial charge in [-0.15, -0.1) is 0 Å². The second kappa shape index (κ2) is 5.14. The topological polar surface area (TPSA) is 62.5 Å². The number of rotatable bonds is 3. The number of aliphatic carboxylic acids is 1. The van der Waals surface area contributed by atoms with Crippen LogP contribution < -0.4 is 0 Å². The number of aryl methyl sites for hydroxylation is 1. The highest BCUT2D eigenvalue weighted by molar-refractivity contribution is 9.10. The fraction of sp³-hybridized carbons (Fsp3) is 0.500. The molecule has 1 aliphatic rings. The van der Waals surface area contributed by atoms with Gasteiger partial charge in [0.1, 0.15) is 11.7 Å². The van der Waals surface area contributed by atoms with E-state index in [0.29, 0.717) is 25.2 Å². The molecule has 18 heavy (non-hydrogen) atoms. The summed E-state index contributed by atoms with van der Waals surface area (Å²) in [5.74, 6) is -1.12. The minimum Gasteiger partial charge on any atom is -0.480 e. The van der Waals surface area contributed by atoms with Crippen LogP contribution in [0.4, 0.5) is 0 Å².